The lowest BCUT2D eigenvalue weighted by Gasteiger charge is -2.18. The molecular formula is C103H96N6O23S5. The normalized spacial score (nSPS) is 14.7. The van der Waals surface area contributed by atoms with Gasteiger partial charge in [-0.25, -0.2) is 67.8 Å². The number of aliphatic hydroxyl groups excluding tert-OH is 2. The van der Waals surface area contributed by atoms with Gasteiger partial charge in [-0.3, -0.25) is 47.9 Å². The molecule has 0 amide bonds. The van der Waals surface area contributed by atoms with Crippen molar-refractivity contribution in [2.45, 2.75) is 141 Å². The summed E-state index contributed by atoms with van der Waals surface area (Å²) in [5.41, 5.74) is 16.0. The Hall–Kier alpha value is -14.1. The summed E-state index contributed by atoms with van der Waals surface area (Å²) >= 11 is 0. The van der Waals surface area contributed by atoms with Gasteiger partial charge in [-0.05, 0) is 149 Å². The number of hydrogen-bond donors (Lipinski definition) is 8. The lowest BCUT2D eigenvalue weighted by atomic mass is 9.85. The van der Waals surface area contributed by atoms with Crippen LogP contribution in [0.25, 0.3) is 0 Å². The van der Waals surface area contributed by atoms with Crippen LogP contribution < -0.4 is 31.4 Å². The van der Waals surface area contributed by atoms with E-state index in [9.17, 15) is 105 Å². The monoisotopic (exact) mass is 1940 g/mol. The van der Waals surface area contributed by atoms with Gasteiger partial charge in [-0.15, -0.1) is 0 Å². The van der Waals surface area contributed by atoms with Crippen LogP contribution in [0.5, 0.6) is 0 Å². The molecule has 0 spiro atoms. The van der Waals surface area contributed by atoms with Gasteiger partial charge in [0.25, 0.3) is 0 Å². The fraction of sp³-hybridized carbons (Fsp3) is 0.175. The molecule has 0 saturated heterocycles. The second kappa shape index (κ2) is 42.8. The Kier molecular flexibility index (Phi) is 32.3. The number of nitrogens with two attached hydrogens (primary N) is 6. The van der Waals surface area contributed by atoms with E-state index in [0.29, 0.717) is 36.8 Å². The standard InChI is InChI=1S/3C21H19NO5S.C20H20N2O4S.C20H19NO4S/c2*1-12(13(2)23)15-8-6-14(7-9-15)10-16-11-18(24)20-17(21(16)25)4-3-5-19(20)28(22,26)27;1-13(23)8-9-14-4-2-5-15(10-14)11-16-12-18(24)20-17(21(16)25)6-3-7-19(20)28(22,26)27;1-12(21)9-13-5-2-3-6-14(13)10-15-11-17(23)19-16(20(15)24)7-4-8-18(19)27(22,25)26;1-2-5-13-6-3-7-14(10-13)11-15-12-17(22)19-16(20(15)23)8-4-9-18(19)26(21,24)25/h2*3-9,11-12,23H,2,10H2,1H3,(H2,22,26,27);2-7,10,12H,8-9,11H2,1H3,(H2,22,26,27);2-8,11-12H,9-10,21H2,1H3,(H2,22,25,26);3-4,6-10,12H,2,5,11H2,1H3,(H2,21,24,25)/t2*12-;;12-;/m10.1./s1. The van der Waals surface area contributed by atoms with Gasteiger partial charge in [-0.1, -0.05) is 222 Å². The van der Waals surface area contributed by atoms with E-state index in [4.69, 9.17) is 31.4 Å². The molecule has 0 saturated carbocycles. The van der Waals surface area contributed by atoms with Crippen molar-refractivity contribution in [2.75, 3.05) is 0 Å². The molecule has 0 radical (unpaired) electrons. The summed E-state index contributed by atoms with van der Waals surface area (Å²) in [6.07, 6.45) is 10.9. The maximum absolute atomic E-state index is 12.9. The molecule has 29 nitrogen and oxygen atoms in total. The molecule has 10 aromatic carbocycles. The number of ketones is 11. The third-order valence-electron chi connectivity index (χ3n) is 23.0. The fourth-order valence-electron chi connectivity index (χ4n) is 16.1. The van der Waals surface area contributed by atoms with Gasteiger partial charge in [-0.2, -0.15) is 0 Å². The molecule has 14 N–H and O–H groups in total. The summed E-state index contributed by atoms with van der Waals surface area (Å²) in [5.74, 6) is -4.83. The number of carbonyl (C=O) groups excluding carboxylic acids is 11. The van der Waals surface area contributed by atoms with Crippen LogP contribution in [-0.2, 0) is 106 Å². The highest BCUT2D eigenvalue weighted by molar-refractivity contribution is 7.90. The van der Waals surface area contributed by atoms with Crippen molar-refractivity contribution in [1.82, 2.24) is 0 Å². The topological polar surface area (TPSA) is 555 Å². The SMILES string of the molecule is C=C(O)[C@@H](C)c1ccc(CC2=CC(=O)c3c(cccc3S(N)(=O)=O)C2=O)cc1.C=C(O)[C@H](C)c1ccc(CC2=CC(=O)c3c(cccc3S(N)(=O)=O)C2=O)cc1.CC(=O)CCc1cccc(CC2=CC(=O)c3c(cccc3S(N)(=O)=O)C2=O)c1.CCCc1cccc(CC2=CC(=O)c3c(cccc3S(N)(=O)=O)C2=O)c1.C[C@@H](N)Cc1ccccc1CC1=CC(=O)c2c(cccc2S(N)(=O)=O)C1=O. The van der Waals surface area contributed by atoms with Gasteiger partial charge < -0.3 is 20.7 Å². The highest BCUT2D eigenvalue weighted by Gasteiger charge is 2.37. The van der Waals surface area contributed by atoms with Crippen LogP contribution in [0.4, 0.5) is 0 Å². The molecule has 0 aliphatic heterocycles. The Morgan fingerprint density at radius 1 is 0.321 bits per heavy atom. The van der Waals surface area contributed by atoms with Crippen molar-refractivity contribution in [2.24, 2.45) is 31.4 Å². The predicted molar refractivity (Wildman–Crippen MR) is 514 cm³/mol. The van der Waals surface area contributed by atoms with Crippen molar-refractivity contribution in [3.05, 3.63) is 407 Å². The van der Waals surface area contributed by atoms with E-state index < -0.39 is 96.4 Å². The van der Waals surface area contributed by atoms with E-state index in [1.54, 1.807) is 0 Å². The fourth-order valence-corrected chi connectivity index (χ4v) is 19.9. The number of aliphatic hydroxyl groups is 2. The summed E-state index contributed by atoms with van der Waals surface area (Å²) < 4.78 is 117. The first-order valence-corrected chi connectivity index (χ1v) is 50.3. The third kappa shape index (κ3) is 25.0. The molecule has 3 atom stereocenters. The van der Waals surface area contributed by atoms with Gasteiger partial charge >= 0.3 is 0 Å². The van der Waals surface area contributed by atoms with Crippen LogP contribution in [0.3, 0.4) is 0 Å². The minimum Gasteiger partial charge on any atom is -0.512 e. The van der Waals surface area contributed by atoms with E-state index in [-0.39, 0.29) is 169 Å². The highest BCUT2D eigenvalue weighted by Crippen LogP contribution is 2.37. The molecule has 706 valence electrons. The molecule has 0 fully saturated rings. The zero-order valence-corrected chi connectivity index (χ0v) is 78.9. The summed E-state index contributed by atoms with van der Waals surface area (Å²) in [4.78, 5) is 136. The van der Waals surface area contributed by atoms with Crippen LogP contribution in [0, 0.1) is 0 Å². The second-order valence-corrected chi connectivity index (χ2v) is 40.9. The van der Waals surface area contributed by atoms with Crippen LogP contribution in [0.15, 0.2) is 320 Å². The number of benzene rings is 10. The third-order valence-corrected chi connectivity index (χ3v) is 27.7. The van der Waals surface area contributed by atoms with Gasteiger partial charge in [0.1, 0.15) is 5.78 Å². The Morgan fingerprint density at radius 3 is 0.825 bits per heavy atom. The maximum Gasteiger partial charge on any atom is 0.238 e. The number of hydrogen-bond acceptors (Lipinski definition) is 24. The highest BCUT2D eigenvalue weighted by atomic mass is 32.2. The molecule has 10 aromatic rings. The first kappa shape index (κ1) is 103. The molecule has 0 bridgehead atoms. The van der Waals surface area contributed by atoms with Gasteiger partial charge in [0.2, 0.25) is 50.1 Å². The largest absolute Gasteiger partial charge is 0.512 e. The number of aryl methyl sites for hydroxylation is 2. The average molecular weight is 1950 g/mol. The number of primary sulfonamides is 5. The Bertz CT molecular complexity index is 7370. The zero-order valence-electron chi connectivity index (χ0n) is 74.8. The molecule has 5 aliphatic rings. The smallest absolute Gasteiger partial charge is 0.238 e. The first-order valence-electron chi connectivity index (χ1n) is 42.5. The van der Waals surface area contributed by atoms with Gasteiger partial charge in [0.15, 0.2) is 57.8 Å². The van der Waals surface area contributed by atoms with Crippen molar-refractivity contribution in [1.29, 1.82) is 0 Å². The molecule has 0 heterocycles. The minimum absolute atomic E-state index is 0.0378. The molecule has 137 heavy (non-hydrogen) atoms. The van der Waals surface area contributed by atoms with E-state index in [1.807, 2.05) is 142 Å². The van der Waals surface area contributed by atoms with Crippen molar-refractivity contribution < 1.29 is 105 Å². The number of sulfonamides is 5. The Balaban J connectivity index is 0.000000164. The number of rotatable bonds is 26. The van der Waals surface area contributed by atoms with E-state index in [1.165, 1.54) is 134 Å². The van der Waals surface area contributed by atoms with E-state index >= 15 is 0 Å². The van der Waals surface area contributed by atoms with E-state index in [2.05, 4.69) is 20.1 Å². The molecule has 5 aliphatic carbocycles. The molecule has 15 rings (SSSR count). The lowest BCUT2D eigenvalue weighted by molar-refractivity contribution is -0.117. The Labute approximate surface area is 792 Å². The average Bonchev–Trinajstić information content (AvgIpc) is 0.773. The number of allylic oxidation sites excluding steroid dienone is 12. The van der Waals surface area contributed by atoms with Crippen molar-refractivity contribution >= 4 is 114 Å². The number of Topliss-reactive ketones (excluding diaryl/α,β-unsaturated/α-hetero) is 6. The van der Waals surface area contributed by atoms with Crippen molar-refractivity contribution in [3.63, 3.8) is 0 Å². The summed E-state index contributed by atoms with van der Waals surface area (Å²) in [5, 5.41) is 44.9. The summed E-state index contributed by atoms with van der Waals surface area (Å²) in [7, 11) is -20.6. The molecule has 0 aromatic heterocycles. The quantitative estimate of drug-likeness (QED) is 0.0233. The first-order chi connectivity index (χ1) is 64.3. The lowest BCUT2D eigenvalue weighted by Crippen LogP contribution is -2.24. The van der Waals surface area contributed by atoms with Crippen molar-refractivity contribution in [3.8, 4) is 0 Å². The van der Waals surface area contributed by atoms with E-state index in [0.717, 1.165) is 62.9 Å². The summed E-state index contributed by atoms with van der Waals surface area (Å²) in [6.45, 7) is 16.2. The molecule has 0 unspecified atom stereocenters. The van der Waals surface area contributed by atoms with Crippen LogP contribution >= 0.6 is 0 Å². The summed E-state index contributed by atoms with van der Waals surface area (Å²) in [6, 6.07) is 57.8. The molecule has 34 heteroatoms. The zero-order chi connectivity index (χ0) is 100. The van der Waals surface area contributed by atoms with Gasteiger partial charge in [0.05, 0.1) is 63.8 Å². The number of fused-ring (bicyclic) bond motifs is 5. The van der Waals surface area contributed by atoms with Crippen LogP contribution in [-0.4, -0.2) is 122 Å². The number of carbonyl (C=O) groups is 11. The van der Waals surface area contributed by atoms with Crippen LogP contribution in [0.1, 0.15) is 219 Å². The maximum atomic E-state index is 12.9. The molecular weight excluding hydrogens is 1850 g/mol. The van der Waals surface area contributed by atoms with Crippen LogP contribution in [0.2, 0.25) is 0 Å². The second-order valence-electron chi connectivity index (χ2n) is 33.3. The van der Waals surface area contributed by atoms with Gasteiger partial charge in [0, 0.05) is 112 Å². The minimum atomic E-state index is -4.13. The predicted octanol–water partition coefficient (Wildman–Crippen LogP) is 13.1. The Morgan fingerprint density at radius 2 is 0.569 bits per heavy atom.